The van der Waals surface area contributed by atoms with Gasteiger partial charge in [0.15, 0.2) is 4.84 Å². The first-order chi connectivity index (χ1) is 25.2. The topological polar surface area (TPSA) is 151 Å². The minimum Gasteiger partial charge on any atom is -0.467 e. The number of benzene rings is 3. The lowest BCUT2D eigenvalue weighted by Gasteiger charge is -2.29. The van der Waals surface area contributed by atoms with Crippen LogP contribution >= 0.6 is 46.4 Å². The Labute approximate surface area is 328 Å². The van der Waals surface area contributed by atoms with Crippen molar-refractivity contribution in [2.45, 2.75) is 57.7 Å². The second kappa shape index (κ2) is 20.4. The lowest BCUT2D eigenvalue weighted by Crippen LogP contribution is -2.45. The number of nitrogens with two attached hydrogens (primary N) is 1. The summed E-state index contributed by atoms with van der Waals surface area (Å²) in [6.45, 7) is 10.8. The number of hydrogen-bond acceptors (Lipinski definition) is 9. The average molecular weight is 813 g/mol. The fraction of sp³-hybridized carbons (Fsp3) is 0.351. The second-order valence-corrected chi connectivity index (χ2v) is 13.6. The maximum absolute atomic E-state index is 12.0. The van der Waals surface area contributed by atoms with Gasteiger partial charge in [-0.05, 0) is 75.6 Å². The summed E-state index contributed by atoms with van der Waals surface area (Å²) in [6, 6.07) is 21.2. The molecule has 286 valence electrons. The van der Waals surface area contributed by atoms with Crippen molar-refractivity contribution < 1.29 is 33.1 Å². The molecule has 12 nitrogen and oxygen atoms in total. The van der Waals surface area contributed by atoms with E-state index in [0.717, 1.165) is 23.2 Å². The molecule has 1 atom stereocenters. The van der Waals surface area contributed by atoms with Gasteiger partial charge in [-0.15, -0.1) is 11.6 Å². The number of amides is 2. The summed E-state index contributed by atoms with van der Waals surface area (Å²) in [6.07, 6.45) is 2.16. The van der Waals surface area contributed by atoms with E-state index in [9.17, 15) is 19.7 Å². The van der Waals surface area contributed by atoms with E-state index in [1.165, 1.54) is 17.0 Å². The average Bonchev–Trinajstić information content (AvgIpc) is 3.79. The third-order valence-electron chi connectivity index (χ3n) is 7.84. The molecule has 1 aliphatic rings. The van der Waals surface area contributed by atoms with Crippen molar-refractivity contribution in [1.82, 2.24) is 4.90 Å². The smallest absolute Gasteiger partial charge is 0.293 e. The van der Waals surface area contributed by atoms with Crippen molar-refractivity contribution >= 4 is 75.3 Å². The molecule has 0 bridgehead atoms. The molecule has 2 N–H and O–H groups in total. The van der Waals surface area contributed by atoms with Gasteiger partial charge >= 0.3 is 0 Å². The Bertz CT molecular complexity index is 1810. The van der Waals surface area contributed by atoms with E-state index < -0.39 is 15.5 Å². The van der Waals surface area contributed by atoms with E-state index >= 15 is 0 Å². The number of carbonyl (C=O) groups excluding carboxylic acids is 2. The molecular formula is C37H42Cl4N4O8. The molecule has 1 unspecified atom stereocenters. The van der Waals surface area contributed by atoms with Crippen LogP contribution in [0.25, 0.3) is 0 Å². The van der Waals surface area contributed by atoms with Crippen LogP contribution in [0, 0.1) is 17.0 Å². The maximum Gasteiger partial charge on any atom is 0.293 e. The van der Waals surface area contributed by atoms with Crippen molar-refractivity contribution in [3.8, 4) is 11.5 Å². The van der Waals surface area contributed by atoms with Gasteiger partial charge in [-0.3, -0.25) is 24.6 Å². The Kier molecular flexibility index (Phi) is 16.7. The molecule has 53 heavy (non-hydrogen) atoms. The van der Waals surface area contributed by atoms with Crippen molar-refractivity contribution in [3.63, 3.8) is 0 Å². The fourth-order valence-electron chi connectivity index (χ4n) is 5.25. The highest BCUT2D eigenvalue weighted by atomic mass is 35.5. The fourth-order valence-corrected chi connectivity index (χ4v) is 5.83. The van der Waals surface area contributed by atoms with Gasteiger partial charge in [-0.25, -0.2) is 0 Å². The predicted octanol–water partition coefficient (Wildman–Crippen LogP) is 9.47. The lowest BCUT2D eigenvalue weighted by atomic mass is 10.0. The van der Waals surface area contributed by atoms with Crippen molar-refractivity contribution in [3.05, 3.63) is 111 Å². The van der Waals surface area contributed by atoms with Gasteiger partial charge < -0.3 is 29.3 Å². The van der Waals surface area contributed by atoms with Gasteiger partial charge in [-0.1, -0.05) is 78.1 Å². The summed E-state index contributed by atoms with van der Waals surface area (Å²) in [5.74, 6) is 1.03. The largest absolute Gasteiger partial charge is 0.467 e. The molecule has 0 aliphatic carbocycles. The molecular weight excluding hydrogens is 770 g/mol. The first-order valence-corrected chi connectivity index (χ1v) is 18.2. The number of furan rings is 1. The number of ether oxygens (including phenoxy) is 3. The molecule has 3 aromatic carbocycles. The first kappa shape index (κ1) is 43.4. The van der Waals surface area contributed by atoms with Crippen LogP contribution in [0.15, 0.2) is 83.5 Å². The first-order valence-electron chi connectivity index (χ1n) is 16.4. The van der Waals surface area contributed by atoms with Gasteiger partial charge in [0, 0.05) is 12.7 Å². The van der Waals surface area contributed by atoms with E-state index in [4.69, 9.17) is 70.8 Å². The number of aryl methyl sites for hydroxylation is 2. The predicted molar refractivity (Wildman–Crippen MR) is 208 cm³/mol. The number of nitrogens with zero attached hydrogens (tertiary/aromatic N) is 3. The molecule has 0 spiro atoms. The Morgan fingerprint density at radius 2 is 1.77 bits per heavy atom. The van der Waals surface area contributed by atoms with Crippen molar-refractivity contribution in [2.75, 3.05) is 36.4 Å². The highest BCUT2D eigenvalue weighted by Crippen LogP contribution is 2.39. The van der Waals surface area contributed by atoms with Gasteiger partial charge in [0.25, 0.3) is 11.6 Å². The van der Waals surface area contributed by atoms with Crippen LogP contribution in [0.3, 0.4) is 0 Å². The SMILES string of the molecule is CC1(C)OC(c2ccco2)CN1C(=O)C(Cl)Cl.CCOCN(C(=O)CCl)c1c(C)cccc1CC.Nc1c([N+](=O)[O-])ccc(Oc2ccccc2)c1Cl. The van der Waals surface area contributed by atoms with Gasteiger partial charge in [0.05, 0.1) is 23.4 Å². The number of alkyl halides is 3. The number of halogens is 4. The molecule has 16 heteroatoms. The number of nitro groups is 1. The molecule has 1 aromatic heterocycles. The van der Waals surface area contributed by atoms with Gasteiger partial charge in [-0.2, -0.15) is 0 Å². The second-order valence-electron chi connectivity index (χ2n) is 11.8. The molecule has 4 aromatic rings. The highest BCUT2D eigenvalue weighted by Gasteiger charge is 2.45. The van der Waals surface area contributed by atoms with Crippen LogP contribution in [0.1, 0.15) is 50.7 Å². The summed E-state index contributed by atoms with van der Waals surface area (Å²) >= 11 is 22.8. The van der Waals surface area contributed by atoms with Crippen LogP contribution < -0.4 is 15.4 Å². The normalized spacial score (nSPS) is 14.5. The Hall–Kier alpha value is -4.04. The third kappa shape index (κ3) is 11.7. The van der Waals surface area contributed by atoms with E-state index in [-0.39, 0.29) is 52.7 Å². The van der Waals surface area contributed by atoms with E-state index in [1.807, 2.05) is 44.2 Å². The van der Waals surface area contributed by atoms with E-state index in [2.05, 4.69) is 6.92 Å². The van der Waals surface area contributed by atoms with Crippen LogP contribution in [-0.4, -0.2) is 58.0 Å². The van der Waals surface area contributed by atoms with Gasteiger partial charge in [0.2, 0.25) is 5.91 Å². The number of carbonyl (C=O) groups is 2. The summed E-state index contributed by atoms with van der Waals surface area (Å²) in [7, 11) is 0. The Morgan fingerprint density at radius 1 is 1.08 bits per heavy atom. The molecule has 1 aliphatic heterocycles. The zero-order chi connectivity index (χ0) is 39.3. The molecule has 0 radical (unpaired) electrons. The van der Waals surface area contributed by atoms with Crippen LogP contribution in [-0.2, 0) is 25.5 Å². The number of hydrogen-bond donors (Lipinski definition) is 1. The minimum absolute atomic E-state index is 0.0352. The van der Waals surface area contributed by atoms with Crippen molar-refractivity contribution in [2.24, 2.45) is 0 Å². The molecule has 2 amide bonds. The maximum atomic E-state index is 12.0. The molecule has 5 rings (SSSR count). The Morgan fingerprint density at radius 3 is 2.34 bits per heavy atom. The summed E-state index contributed by atoms with van der Waals surface area (Å²) in [5, 5.41) is 10.7. The highest BCUT2D eigenvalue weighted by molar-refractivity contribution is 6.53. The number of nitrogen functional groups attached to an aromatic ring is 1. The van der Waals surface area contributed by atoms with E-state index in [0.29, 0.717) is 24.7 Å². The third-order valence-corrected chi connectivity index (χ3v) is 8.84. The van der Waals surface area contributed by atoms with Gasteiger partial charge in [0.1, 0.15) is 52.4 Å². The number of anilines is 2. The zero-order valence-corrected chi connectivity index (χ0v) is 32.9. The molecule has 1 fully saturated rings. The van der Waals surface area contributed by atoms with E-state index in [1.54, 1.807) is 55.3 Å². The molecule has 0 saturated carbocycles. The molecule has 2 heterocycles. The molecule has 1 saturated heterocycles. The van der Waals surface area contributed by atoms with Crippen molar-refractivity contribution in [1.29, 1.82) is 0 Å². The monoisotopic (exact) mass is 810 g/mol. The summed E-state index contributed by atoms with van der Waals surface area (Å²) < 4.78 is 21.9. The summed E-state index contributed by atoms with van der Waals surface area (Å²) in [5.41, 5.74) is 7.63. The zero-order valence-electron chi connectivity index (χ0n) is 29.9. The minimum atomic E-state index is -1.08. The quantitative estimate of drug-likeness (QED) is 0.0514. The van der Waals surface area contributed by atoms with Crippen LogP contribution in [0.4, 0.5) is 17.1 Å². The number of rotatable bonds is 11. The Balaban J connectivity index is 0.000000214. The lowest BCUT2D eigenvalue weighted by molar-refractivity contribution is -0.383. The number of para-hydroxylation sites is 2. The standard InChI is InChI=1S/C14H20ClNO2.C12H9ClN2O3.C11H13Cl2NO3/c1-4-12-8-6-7-11(3)14(12)16(10-18-5-2)13(17)9-15;13-11-10(18-8-4-2-1-3-5-8)7-6-9(12(11)14)15(16)17;1-11(2)14(10(15)9(12)13)6-8(17-11)7-4-3-5-16-7/h6-8H,4-5,9-10H2,1-3H3;1-7H,14H2;3-5,8-9H,6H2,1-2H3. The van der Waals surface area contributed by atoms with Crippen LogP contribution in [0.5, 0.6) is 11.5 Å². The van der Waals surface area contributed by atoms with Crippen LogP contribution in [0.2, 0.25) is 5.02 Å². The summed E-state index contributed by atoms with van der Waals surface area (Å²) in [4.78, 5) is 35.9. The number of nitro benzene ring substituents is 1.